The molecule has 19 heteroatoms. The van der Waals surface area contributed by atoms with Crippen molar-refractivity contribution in [1.82, 2.24) is 24.7 Å². The number of carboxylic acids is 2. The average Bonchev–Trinajstić information content (AvgIpc) is 3.37. The summed E-state index contributed by atoms with van der Waals surface area (Å²) in [4.78, 5) is 64.7. The highest BCUT2D eigenvalue weighted by Crippen LogP contribution is 2.35. The van der Waals surface area contributed by atoms with Crippen LogP contribution in [0.25, 0.3) is 11.1 Å². The van der Waals surface area contributed by atoms with Crippen molar-refractivity contribution in [1.29, 1.82) is 0 Å². The fraction of sp³-hybridized carbons (Fsp3) is 0.314. The van der Waals surface area contributed by atoms with Crippen LogP contribution in [-0.4, -0.2) is 129 Å². The zero-order chi connectivity index (χ0) is 50.4. The van der Waals surface area contributed by atoms with E-state index in [0.29, 0.717) is 24.4 Å². The topological polar surface area (TPSA) is 231 Å². The first kappa shape index (κ1) is 51.9. The van der Waals surface area contributed by atoms with E-state index in [1.165, 1.54) is 37.3 Å². The number of carbonyl (C=O) groups excluding carboxylic acids is 3. The second kappa shape index (κ2) is 24.2. The number of nitrogens with one attached hydrogen (secondary N) is 2. The molecule has 0 saturated carbocycles. The highest BCUT2D eigenvalue weighted by Gasteiger charge is 2.40. The number of nitrogens with zero attached hydrogens (tertiary/aromatic N) is 3. The van der Waals surface area contributed by atoms with Crippen molar-refractivity contribution in [2.45, 2.75) is 55.4 Å². The Morgan fingerprint density at radius 3 is 2.04 bits per heavy atom. The van der Waals surface area contributed by atoms with Crippen LogP contribution in [0.1, 0.15) is 41.1 Å². The maximum absolute atomic E-state index is 13.5. The minimum atomic E-state index is -4.08. The van der Waals surface area contributed by atoms with Crippen LogP contribution in [0.15, 0.2) is 126 Å². The number of fused-ring (bicyclic) bond motifs is 1. The minimum absolute atomic E-state index is 0.0177. The summed E-state index contributed by atoms with van der Waals surface area (Å²) >= 11 is 0. The van der Waals surface area contributed by atoms with E-state index in [1.807, 2.05) is 115 Å². The highest BCUT2D eigenvalue weighted by atomic mass is 32.2. The number of carboxylic acid groups (broad SMARTS) is 2. The summed E-state index contributed by atoms with van der Waals surface area (Å²) in [6, 6.07) is 33.6. The Balaban J connectivity index is 0.000000236. The van der Waals surface area contributed by atoms with Gasteiger partial charge in [0.1, 0.15) is 24.4 Å². The lowest BCUT2D eigenvalue weighted by molar-refractivity contribution is -0.139. The maximum atomic E-state index is 13.5. The van der Waals surface area contributed by atoms with Gasteiger partial charge >= 0.3 is 18.0 Å². The summed E-state index contributed by atoms with van der Waals surface area (Å²) in [6.07, 6.45) is -0.836. The van der Waals surface area contributed by atoms with Gasteiger partial charge in [-0.05, 0) is 59.5 Å². The summed E-state index contributed by atoms with van der Waals surface area (Å²) in [5.41, 5.74) is 5.05. The van der Waals surface area contributed by atoms with E-state index >= 15 is 0 Å². The first-order valence-corrected chi connectivity index (χ1v) is 23.8. The van der Waals surface area contributed by atoms with Gasteiger partial charge in [0.05, 0.1) is 45.1 Å². The van der Waals surface area contributed by atoms with Crippen LogP contribution in [0.2, 0.25) is 0 Å². The third-order valence-corrected chi connectivity index (χ3v) is 13.8. The second-order valence-electron chi connectivity index (χ2n) is 16.5. The van der Waals surface area contributed by atoms with Crippen LogP contribution in [0.4, 0.5) is 4.79 Å². The Kier molecular flexibility index (Phi) is 17.9. The fourth-order valence-electron chi connectivity index (χ4n) is 8.10. The number of para-hydroxylation sites is 1. The average molecular weight is 980 g/mol. The molecule has 70 heavy (non-hydrogen) atoms. The molecule has 0 spiro atoms. The Labute approximate surface area is 406 Å². The molecular weight excluding hydrogens is 923 g/mol. The largest absolute Gasteiger partial charge is 0.496 e. The van der Waals surface area contributed by atoms with Gasteiger partial charge < -0.3 is 44.7 Å². The lowest BCUT2D eigenvalue weighted by atomic mass is 9.95. The van der Waals surface area contributed by atoms with E-state index in [-0.39, 0.29) is 62.1 Å². The number of hydrogen-bond acceptors (Lipinski definition) is 12. The molecule has 5 aromatic carbocycles. The van der Waals surface area contributed by atoms with E-state index < -0.39 is 52.1 Å². The van der Waals surface area contributed by atoms with Crippen molar-refractivity contribution in [3.8, 4) is 28.4 Å². The van der Waals surface area contributed by atoms with Crippen LogP contribution in [0, 0.1) is 0 Å². The van der Waals surface area contributed by atoms with Gasteiger partial charge in [-0.2, -0.15) is 4.31 Å². The minimum Gasteiger partial charge on any atom is -0.496 e. The second-order valence-corrected chi connectivity index (χ2v) is 18.3. The molecule has 0 aliphatic carbocycles. The van der Waals surface area contributed by atoms with E-state index in [2.05, 4.69) is 10.6 Å². The molecule has 370 valence electrons. The van der Waals surface area contributed by atoms with Gasteiger partial charge in [0.2, 0.25) is 21.8 Å². The molecule has 2 heterocycles. The SMILES string of the molecule is COc1ccc(S(=O)(=O)N2Cc3ccccc3C[C@H]2C(=O)NCCC(=O)O)cc1OC.COc1ccccc1-c1ccc(C(CC(=O)O)NC(=O)C2CN(C(=O)OCc3ccccc3)CCN2C)cc1. The third kappa shape index (κ3) is 13.2. The predicted molar refractivity (Wildman–Crippen MR) is 258 cm³/mol. The smallest absolute Gasteiger partial charge is 0.410 e. The summed E-state index contributed by atoms with van der Waals surface area (Å²) < 4.78 is 49.5. The summed E-state index contributed by atoms with van der Waals surface area (Å²) in [6.45, 7) is 1.13. The van der Waals surface area contributed by atoms with E-state index in [9.17, 15) is 37.5 Å². The van der Waals surface area contributed by atoms with Gasteiger partial charge in [-0.25, -0.2) is 13.2 Å². The van der Waals surface area contributed by atoms with Crippen LogP contribution >= 0.6 is 0 Å². The van der Waals surface area contributed by atoms with Crippen molar-refractivity contribution < 1.29 is 61.6 Å². The van der Waals surface area contributed by atoms with Crippen molar-refractivity contribution >= 4 is 39.9 Å². The standard InChI is InChI=1S/C30H33N3O6.C21H24N2O7S/c1-32-16-17-33(30(37)39-20-21-8-4-3-5-9-21)19-26(32)29(36)31-25(18-28(34)35)23-14-12-22(13-15-23)24-10-6-7-11-27(24)38-2;1-29-18-8-7-16(12-19(18)30-2)31(27,28)23-13-15-6-4-3-5-14(15)11-17(23)21(26)22-10-9-20(24)25/h3-15,25-26H,16-20H2,1-2H3,(H,31,36)(H,34,35);3-8,12,17H,9-11,13H2,1-2H3,(H,22,26)(H,24,25)/t;17-/m.0/s1. The predicted octanol–water partition coefficient (Wildman–Crippen LogP) is 5.36. The molecule has 3 atom stereocenters. The number of methoxy groups -OCH3 is 3. The molecule has 1 fully saturated rings. The zero-order valence-electron chi connectivity index (χ0n) is 39.3. The third-order valence-electron chi connectivity index (χ3n) is 11.9. The number of piperazine rings is 1. The van der Waals surface area contributed by atoms with Gasteiger partial charge in [0.15, 0.2) is 11.5 Å². The lowest BCUT2D eigenvalue weighted by Gasteiger charge is -2.38. The molecule has 4 N–H and O–H groups in total. The molecular formula is C51H57N5O13S. The van der Waals surface area contributed by atoms with Gasteiger partial charge in [0, 0.05) is 44.4 Å². The molecule has 18 nitrogen and oxygen atoms in total. The fourth-order valence-corrected chi connectivity index (χ4v) is 9.69. The number of ether oxygens (including phenoxy) is 4. The molecule has 0 radical (unpaired) electrons. The summed E-state index contributed by atoms with van der Waals surface area (Å²) in [5, 5.41) is 23.8. The zero-order valence-corrected chi connectivity index (χ0v) is 40.1. The van der Waals surface area contributed by atoms with Crippen LogP contribution in [0.5, 0.6) is 17.2 Å². The summed E-state index contributed by atoms with van der Waals surface area (Å²) in [5.74, 6) is -1.61. The molecule has 2 unspecified atom stereocenters. The number of rotatable bonds is 17. The normalized spacial score (nSPS) is 16.3. The Bertz CT molecular complexity index is 2740. The molecule has 0 aromatic heterocycles. The number of aliphatic carboxylic acids is 2. The number of likely N-dealkylation sites (N-methyl/N-ethyl adjacent to an activating group) is 1. The summed E-state index contributed by atoms with van der Waals surface area (Å²) in [7, 11) is 2.20. The van der Waals surface area contributed by atoms with Crippen LogP contribution in [0.3, 0.4) is 0 Å². The number of sulfonamides is 1. The molecule has 3 amide bonds. The van der Waals surface area contributed by atoms with Crippen molar-refractivity contribution in [3.05, 3.63) is 144 Å². The van der Waals surface area contributed by atoms with Crippen molar-refractivity contribution in [2.75, 3.05) is 54.6 Å². The first-order valence-electron chi connectivity index (χ1n) is 22.3. The Morgan fingerprint density at radius 1 is 0.714 bits per heavy atom. The Hall–Kier alpha value is -7.48. The van der Waals surface area contributed by atoms with Crippen molar-refractivity contribution in [2.24, 2.45) is 0 Å². The van der Waals surface area contributed by atoms with Gasteiger partial charge in [-0.15, -0.1) is 0 Å². The first-order chi connectivity index (χ1) is 33.6. The lowest BCUT2D eigenvalue weighted by Crippen LogP contribution is -2.59. The van der Waals surface area contributed by atoms with Gasteiger partial charge in [0.25, 0.3) is 0 Å². The monoisotopic (exact) mass is 979 g/mol. The molecule has 5 aromatic rings. The number of amides is 3. The molecule has 2 aliphatic heterocycles. The quantitative estimate of drug-likeness (QED) is 0.0920. The number of carbonyl (C=O) groups is 5. The van der Waals surface area contributed by atoms with E-state index in [0.717, 1.165) is 37.9 Å². The number of hydrogen-bond donors (Lipinski definition) is 4. The van der Waals surface area contributed by atoms with E-state index in [1.54, 1.807) is 7.11 Å². The number of benzene rings is 5. The van der Waals surface area contributed by atoms with Gasteiger partial charge in [-0.3, -0.25) is 24.1 Å². The molecule has 1 saturated heterocycles. The van der Waals surface area contributed by atoms with Crippen molar-refractivity contribution in [3.63, 3.8) is 0 Å². The van der Waals surface area contributed by atoms with Gasteiger partial charge in [-0.1, -0.05) is 97.1 Å². The molecule has 2 aliphatic rings. The highest BCUT2D eigenvalue weighted by molar-refractivity contribution is 7.89. The molecule has 7 rings (SSSR count). The molecule has 0 bridgehead atoms. The van der Waals surface area contributed by atoms with Crippen LogP contribution in [-0.2, 0) is 53.5 Å². The van der Waals surface area contributed by atoms with E-state index in [4.69, 9.17) is 24.1 Å². The van der Waals surface area contributed by atoms with Crippen LogP contribution < -0.4 is 24.8 Å². The maximum Gasteiger partial charge on any atom is 0.410 e. The Morgan fingerprint density at radius 2 is 1.37 bits per heavy atom.